The van der Waals surface area contributed by atoms with E-state index in [0.29, 0.717) is 82.3 Å². The molecule has 0 aliphatic carbocycles. The third-order valence-electron chi connectivity index (χ3n) is 10.5. The number of nitrogen functional groups attached to an aromatic ring is 1. The first-order valence-corrected chi connectivity index (χ1v) is 25.0. The molecule has 0 aliphatic heterocycles. The minimum Gasteiger partial charge on any atom is -0.494 e. The Balaban J connectivity index is 0.000000207. The Morgan fingerprint density at radius 2 is 0.964 bits per heavy atom. The van der Waals surface area contributed by atoms with Crippen LogP contribution in [-0.4, -0.2) is 122 Å². The minimum absolute atomic E-state index is 0. The number of nitrogens with zero attached hydrogens (tertiary/aromatic N) is 16. The van der Waals surface area contributed by atoms with Crippen molar-refractivity contribution in [2.75, 3.05) is 56.4 Å². The fourth-order valence-corrected chi connectivity index (χ4v) is 7.06. The van der Waals surface area contributed by atoms with Crippen molar-refractivity contribution in [3.8, 4) is 23.0 Å². The average molecular weight is 1210 g/mol. The number of methoxy groups -OCH3 is 5. The fourth-order valence-electron chi connectivity index (χ4n) is 6.64. The summed E-state index contributed by atoms with van der Waals surface area (Å²) >= 11 is 3.22. The van der Waals surface area contributed by atoms with Gasteiger partial charge in [0, 0.05) is 86.8 Å². The molecule has 27 nitrogen and oxygen atoms in total. The predicted octanol–water partition coefficient (Wildman–Crippen LogP) is 8.30. The fraction of sp³-hybridized carbons (Fsp3) is 0.143. The second kappa shape index (κ2) is 34.9. The van der Waals surface area contributed by atoms with Gasteiger partial charge in [-0.2, -0.15) is 0 Å². The lowest BCUT2D eigenvalue weighted by molar-refractivity contribution is 0.0599. The number of carbonyl (C=O) groups excluding carboxylic acids is 2. The summed E-state index contributed by atoms with van der Waals surface area (Å²) in [6.45, 7) is 0.695. The van der Waals surface area contributed by atoms with Gasteiger partial charge in [0.1, 0.15) is 16.2 Å². The van der Waals surface area contributed by atoms with E-state index in [1.54, 1.807) is 180 Å². The number of hydrogen-bond donors (Lipinski definition) is 4. The molecule has 1 amide bonds. The highest BCUT2D eigenvalue weighted by Gasteiger charge is 2.20. The van der Waals surface area contributed by atoms with Crippen molar-refractivity contribution in [2.45, 2.75) is 20.5 Å². The van der Waals surface area contributed by atoms with Gasteiger partial charge in [0.2, 0.25) is 0 Å². The smallest absolute Gasteiger partial charge is 0.339 e. The summed E-state index contributed by atoms with van der Waals surface area (Å²) < 4.78 is 26.3. The number of amides is 1. The summed E-state index contributed by atoms with van der Waals surface area (Å²) in [5.41, 5.74) is 8.78. The number of hydrogen-bond acceptors (Lipinski definition) is 26. The normalized spacial score (nSPS) is 9.75. The second-order valence-corrected chi connectivity index (χ2v) is 16.5. The number of esters is 1. The van der Waals surface area contributed by atoms with Crippen LogP contribution >= 0.6 is 15.9 Å². The quantitative estimate of drug-likeness (QED) is 0.0306. The molecule has 10 rings (SSSR count). The van der Waals surface area contributed by atoms with Crippen LogP contribution in [0, 0.1) is 0 Å². The van der Waals surface area contributed by atoms with E-state index in [4.69, 9.17) is 34.6 Å². The lowest BCUT2D eigenvalue weighted by Crippen LogP contribution is -2.21. The number of nitrogens with two attached hydrogens (primary N) is 1. The highest BCUT2D eigenvalue weighted by atomic mass is 79.9. The molecule has 0 atom stereocenters. The maximum atomic E-state index is 11.6. The molecule has 0 saturated carbocycles. The van der Waals surface area contributed by atoms with E-state index < -0.39 is 11.9 Å². The molecule has 0 fully saturated rings. The number of pyridine rings is 6. The molecule has 0 spiro atoms. The molecule has 0 radical (unpaired) electrons. The van der Waals surface area contributed by atoms with E-state index in [2.05, 4.69) is 91.0 Å². The van der Waals surface area contributed by atoms with Gasteiger partial charge in [-0.25, -0.2) is 50.1 Å². The van der Waals surface area contributed by atoms with E-state index in [1.165, 1.54) is 25.7 Å². The summed E-state index contributed by atoms with van der Waals surface area (Å²) in [4.78, 5) is 84.4. The maximum absolute atomic E-state index is 11.6. The van der Waals surface area contributed by atoms with Gasteiger partial charge in [0.25, 0.3) is 5.91 Å². The number of rotatable bonds is 16. The van der Waals surface area contributed by atoms with Crippen molar-refractivity contribution in [3.63, 3.8) is 0 Å². The van der Waals surface area contributed by atoms with Crippen molar-refractivity contribution in [1.82, 2.24) is 75.3 Å². The third kappa shape index (κ3) is 19.7. The van der Waals surface area contributed by atoms with Crippen LogP contribution in [0.5, 0.6) is 23.0 Å². The predicted molar refractivity (Wildman–Crippen MR) is 314 cm³/mol. The summed E-state index contributed by atoms with van der Waals surface area (Å²) in [6, 6.07) is 21.2. The number of halogens is 1. The molecule has 0 aliphatic rings. The zero-order chi connectivity index (χ0) is 59.0. The van der Waals surface area contributed by atoms with Crippen molar-refractivity contribution in [3.05, 3.63) is 211 Å². The Morgan fingerprint density at radius 1 is 0.500 bits per heavy atom. The van der Waals surface area contributed by atoms with Crippen molar-refractivity contribution < 1.29 is 38.5 Å². The lowest BCUT2D eigenvalue weighted by Gasteiger charge is -2.23. The van der Waals surface area contributed by atoms with Crippen molar-refractivity contribution >= 4 is 68.5 Å². The first kappa shape index (κ1) is 63.8. The van der Waals surface area contributed by atoms with Crippen LogP contribution in [0.1, 0.15) is 39.5 Å². The monoisotopic (exact) mass is 1200 g/mol. The first-order chi connectivity index (χ1) is 40.6. The van der Waals surface area contributed by atoms with Gasteiger partial charge in [0.05, 0.1) is 95.9 Å². The number of carbonyl (C=O) groups is 2. The molecule has 10 aromatic heterocycles. The maximum Gasteiger partial charge on any atom is 0.339 e. The second-order valence-electron chi connectivity index (χ2n) is 15.8. The summed E-state index contributed by atoms with van der Waals surface area (Å²) in [7, 11) is 7.69. The van der Waals surface area contributed by atoms with Crippen LogP contribution in [0.4, 0.5) is 40.7 Å². The van der Waals surface area contributed by atoms with Crippen molar-refractivity contribution in [1.29, 1.82) is 0 Å². The van der Waals surface area contributed by atoms with Gasteiger partial charge in [-0.15, -0.1) is 0 Å². The van der Waals surface area contributed by atoms with E-state index in [0.717, 1.165) is 16.0 Å². The zero-order valence-electron chi connectivity index (χ0n) is 45.2. The Labute approximate surface area is 491 Å². The Bertz CT molecular complexity index is 3360. The van der Waals surface area contributed by atoms with Gasteiger partial charge >= 0.3 is 5.97 Å². The van der Waals surface area contributed by atoms with Gasteiger partial charge < -0.3 is 44.5 Å². The largest absolute Gasteiger partial charge is 0.494 e. The lowest BCUT2D eigenvalue weighted by atomic mass is 10.2. The molecule has 0 saturated heterocycles. The third-order valence-corrected chi connectivity index (χ3v) is 11.1. The van der Waals surface area contributed by atoms with Crippen LogP contribution in [0.3, 0.4) is 0 Å². The molecule has 432 valence electrons. The molecule has 84 heavy (non-hydrogen) atoms. The minimum atomic E-state index is -0.624. The molecule has 10 aromatic rings. The Morgan fingerprint density at radius 3 is 1.36 bits per heavy atom. The molecule has 28 heteroatoms. The molecular formula is C56H58BrN19O8. The van der Waals surface area contributed by atoms with E-state index in [-0.39, 0.29) is 13.0 Å². The van der Waals surface area contributed by atoms with Gasteiger partial charge in [0.15, 0.2) is 52.1 Å². The molecule has 0 unspecified atom stereocenters. The number of anilines is 7. The summed E-state index contributed by atoms with van der Waals surface area (Å²) in [6.07, 6.45) is 28.7. The van der Waals surface area contributed by atoms with Crippen LogP contribution in [-0.2, 0) is 17.8 Å². The van der Waals surface area contributed by atoms with Crippen LogP contribution < -0.4 is 45.3 Å². The molecule has 5 N–H and O–H groups in total. The molecular weight excluding hydrogens is 1150 g/mol. The SMILES string of the molecule is C.COC(=O)c1ccc(CN(c2cnccn2)c2ncccc2OC)nc1.COc1cccnc1Br.COc1cccnc1N(Cc1ccc(C(=O)NO)cn1)c1cnccn1.COc1cccnc1Nc1cnccn1.Nc1cnccn1. The first-order valence-electron chi connectivity index (χ1n) is 24.2. The van der Waals surface area contributed by atoms with Gasteiger partial charge in [-0.3, -0.25) is 39.9 Å². The highest BCUT2D eigenvalue weighted by Crippen LogP contribution is 2.33. The number of nitrogens with one attached hydrogen (secondary N) is 2. The highest BCUT2D eigenvalue weighted by molar-refractivity contribution is 9.10. The van der Waals surface area contributed by atoms with Crippen LogP contribution in [0.2, 0.25) is 0 Å². The van der Waals surface area contributed by atoms with Gasteiger partial charge in [-0.05, 0) is 88.7 Å². The Hall–Kier alpha value is -11.0. The summed E-state index contributed by atoms with van der Waals surface area (Å²) in [5.74, 6) is 5.61. The van der Waals surface area contributed by atoms with Gasteiger partial charge in [-0.1, -0.05) is 7.43 Å². The average Bonchev–Trinajstić information content (AvgIpc) is 3.69. The molecule has 0 bridgehead atoms. The molecule has 0 aromatic carbocycles. The number of ether oxygens (including phenoxy) is 5. The zero-order valence-corrected chi connectivity index (χ0v) is 46.7. The molecule has 10 heterocycles. The topological polar surface area (TPSA) is 338 Å². The van der Waals surface area contributed by atoms with E-state index in [9.17, 15) is 9.59 Å². The van der Waals surface area contributed by atoms with Crippen molar-refractivity contribution in [2.24, 2.45) is 0 Å². The number of hydroxylamine groups is 1. The van der Waals surface area contributed by atoms with Crippen LogP contribution in [0.15, 0.2) is 189 Å². The van der Waals surface area contributed by atoms with E-state index >= 15 is 0 Å². The van der Waals surface area contributed by atoms with Crippen LogP contribution in [0.25, 0.3) is 0 Å². The number of aromatic nitrogens is 14. The standard InChI is InChI=1S/C18H17N5O3.C17H16N6O3.C10H10N4O.C6H6BrNO.C4H5N3.CH4/c1-25-15-4-3-7-21-17(15)23(16-11-19-8-9-20-16)12-14-6-5-13(10-22-14)18(24)26-2;1-26-14-3-2-6-20-16(14)23(15-10-18-7-8-19-15)11-13-5-4-12(9-21-13)17(24)22-25;1-15-8-3-2-4-13-10(8)14-9-7-11-5-6-12-9;1-9-5-3-2-4-8-6(5)7;5-4-3-6-1-2-7-4;/h3-11H,12H2,1-2H3;2-10,25H,11H2,1H3,(H,22,24);2-7H,1H3,(H,12,13,14);2-4H,1H3;1-3H,(H2,5,7);1H4. The summed E-state index contributed by atoms with van der Waals surface area (Å²) in [5, 5.41) is 11.7. The Kier molecular flexibility index (Phi) is 26.5. The van der Waals surface area contributed by atoms with E-state index in [1.807, 2.05) is 29.2 Å².